The Morgan fingerprint density at radius 1 is 1.17 bits per heavy atom. The minimum absolute atomic E-state index is 0.0391. The minimum Gasteiger partial charge on any atom is -0.345 e. The highest BCUT2D eigenvalue weighted by molar-refractivity contribution is 5.96. The molecule has 0 spiro atoms. The number of amides is 1. The topological polar surface area (TPSA) is 74.8 Å². The zero-order valence-corrected chi connectivity index (χ0v) is 10.9. The van der Waals surface area contributed by atoms with Gasteiger partial charge in [-0.15, -0.1) is 0 Å². The lowest BCUT2D eigenvalue weighted by Crippen LogP contribution is -2.55. The SMILES string of the molecule is O=C(NC(C(F)(F)F)C(F)(F)F)c1c[nH]c2ncccc2c1=O. The van der Waals surface area contributed by atoms with Crippen LogP contribution in [0.4, 0.5) is 26.3 Å². The molecule has 0 aliphatic rings. The number of hydrogen-bond acceptors (Lipinski definition) is 3. The summed E-state index contributed by atoms with van der Waals surface area (Å²) in [5.41, 5.74) is -1.88. The Bertz CT molecular complexity index is 782. The van der Waals surface area contributed by atoms with E-state index in [1.54, 1.807) is 0 Å². The molecule has 0 aliphatic carbocycles. The predicted molar refractivity (Wildman–Crippen MR) is 65.7 cm³/mol. The van der Waals surface area contributed by atoms with Gasteiger partial charge in [0.15, 0.2) is 0 Å². The van der Waals surface area contributed by atoms with Crippen molar-refractivity contribution in [3.05, 3.63) is 40.3 Å². The molecule has 0 fully saturated rings. The van der Waals surface area contributed by atoms with E-state index in [4.69, 9.17) is 0 Å². The molecule has 2 aromatic heterocycles. The number of aromatic amines is 1. The van der Waals surface area contributed by atoms with E-state index >= 15 is 0 Å². The fourth-order valence-electron chi connectivity index (χ4n) is 1.78. The maximum atomic E-state index is 12.4. The third-order valence-electron chi connectivity index (χ3n) is 2.82. The van der Waals surface area contributed by atoms with Crippen molar-refractivity contribution in [2.24, 2.45) is 0 Å². The van der Waals surface area contributed by atoms with Crippen molar-refractivity contribution < 1.29 is 31.1 Å². The standard InChI is InChI=1S/C12H7F6N3O2/c13-11(14,15)10(12(16,17)18)21-9(23)6-4-20-8-5(7(6)22)2-1-3-19-8/h1-4,10H,(H,21,23)(H,19,20,22). The molecule has 0 saturated carbocycles. The molecule has 0 bridgehead atoms. The molecule has 124 valence electrons. The fourth-order valence-corrected chi connectivity index (χ4v) is 1.78. The molecular formula is C12H7F6N3O2. The monoisotopic (exact) mass is 339 g/mol. The highest BCUT2D eigenvalue weighted by Gasteiger charge is 2.57. The van der Waals surface area contributed by atoms with Gasteiger partial charge in [0.1, 0.15) is 11.2 Å². The third-order valence-corrected chi connectivity index (χ3v) is 2.82. The van der Waals surface area contributed by atoms with Gasteiger partial charge in [0, 0.05) is 12.4 Å². The number of rotatable bonds is 2. The van der Waals surface area contributed by atoms with Crippen molar-refractivity contribution in [2.45, 2.75) is 18.4 Å². The smallest absolute Gasteiger partial charge is 0.345 e. The highest BCUT2D eigenvalue weighted by atomic mass is 19.4. The Labute approximate surface area is 123 Å². The zero-order valence-electron chi connectivity index (χ0n) is 10.9. The third kappa shape index (κ3) is 3.43. The van der Waals surface area contributed by atoms with E-state index in [0.29, 0.717) is 6.20 Å². The molecule has 0 atom stereocenters. The Morgan fingerprint density at radius 3 is 2.35 bits per heavy atom. The summed E-state index contributed by atoms with van der Waals surface area (Å²) < 4.78 is 74.5. The Balaban J connectivity index is 2.41. The molecule has 2 N–H and O–H groups in total. The zero-order chi connectivity index (χ0) is 17.4. The summed E-state index contributed by atoms with van der Waals surface area (Å²) in [5.74, 6) is -1.79. The van der Waals surface area contributed by atoms with Gasteiger partial charge < -0.3 is 10.3 Å². The van der Waals surface area contributed by atoms with E-state index < -0.39 is 35.3 Å². The summed E-state index contributed by atoms with van der Waals surface area (Å²) in [7, 11) is 0. The van der Waals surface area contributed by atoms with Gasteiger partial charge in [-0.05, 0) is 12.1 Å². The minimum atomic E-state index is -5.75. The molecule has 1 amide bonds. The van der Waals surface area contributed by atoms with Crippen LogP contribution in [0, 0.1) is 0 Å². The van der Waals surface area contributed by atoms with Crippen LogP contribution in [0.2, 0.25) is 0 Å². The first-order chi connectivity index (χ1) is 10.5. The Kier molecular flexibility index (Phi) is 4.05. The molecule has 2 aromatic rings. The number of aromatic nitrogens is 2. The van der Waals surface area contributed by atoms with Gasteiger partial charge in [-0.2, -0.15) is 26.3 Å². The average Bonchev–Trinajstić information content (AvgIpc) is 2.42. The van der Waals surface area contributed by atoms with Crippen LogP contribution in [0.25, 0.3) is 11.0 Å². The fraction of sp³-hybridized carbons (Fsp3) is 0.250. The molecule has 2 rings (SSSR count). The van der Waals surface area contributed by atoms with Crippen molar-refractivity contribution in [3.8, 4) is 0 Å². The lowest BCUT2D eigenvalue weighted by atomic mass is 10.1. The van der Waals surface area contributed by atoms with Gasteiger partial charge in [0.25, 0.3) is 5.91 Å². The lowest BCUT2D eigenvalue weighted by molar-refractivity contribution is -0.255. The molecule has 0 radical (unpaired) electrons. The maximum absolute atomic E-state index is 12.4. The van der Waals surface area contributed by atoms with Crippen molar-refractivity contribution in [1.82, 2.24) is 15.3 Å². The normalized spacial score (nSPS) is 12.7. The average molecular weight is 339 g/mol. The summed E-state index contributed by atoms with van der Waals surface area (Å²) in [5, 5.41) is 0.647. The Morgan fingerprint density at radius 2 is 1.78 bits per heavy atom. The van der Waals surface area contributed by atoms with E-state index in [1.165, 1.54) is 18.3 Å². The van der Waals surface area contributed by atoms with Gasteiger partial charge in [-0.1, -0.05) is 0 Å². The number of H-pyrrole nitrogens is 1. The quantitative estimate of drug-likeness (QED) is 0.824. The van der Waals surface area contributed by atoms with Crippen molar-refractivity contribution in [2.75, 3.05) is 0 Å². The lowest BCUT2D eigenvalue weighted by Gasteiger charge is -2.23. The highest BCUT2D eigenvalue weighted by Crippen LogP contribution is 2.33. The van der Waals surface area contributed by atoms with Crippen LogP contribution in [0.1, 0.15) is 10.4 Å². The molecular weight excluding hydrogens is 332 g/mol. The van der Waals surface area contributed by atoms with Crippen LogP contribution in [-0.2, 0) is 0 Å². The van der Waals surface area contributed by atoms with Crippen molar-refractivity contribution >= 4 is 16.9 Å². The number of carbonyl (C=O) groups excluding carboxylic acids is 1. The van der Waals surface area contributed by atoms with E-state index in [2.05, 4.69) is 9.97 Å². The molecule has 0 unspecified atom stereocenters. The largest absolute Gasteiger partial charge is 0.417 e. The van der Waals surface area contributed by atoms with Crippen LogP contribution in [-0.4, -0.2) is 34.3 Å². The van der Waals surface area contributed by atoms with Crippen LogP contribution in [0.5, 0.6) is 0 Å². The first-order valence-electron chi connectivity index (χ1n) is 5.92. The summed E-state index contributed by atoms with van der Waals surface area (Å²) >= 11 is 0. The van der Waals surface area contributed by atoms with Gasteiger partial charge in [0.05, 0.1) is 5.39 Å². The number of nitrogens with zero attached hydrogens (tertiary/aromatic N) is 1. The molecule has 5 nitrogen and oxygen atoms in total. The van der Waals surface area contributed by atoms with Gasteiger partial charge in [-0.3, -0.25) is 9.59 Å². The molecule has 2 heterocycles. The number of halogens is 6. The Hall–Kier alpha value is -2.59. The number of fused-ring (bicyclic) bond motifs is 1. The summed E-state index contributed by atoms with van der Waals surface area (Å²) in [6.45, 7) is 0. The summed E-state index contributed by atoms with van der Waals surface area (Å²) in [6, 6.07) is -1.53. The second-order valence-corrected chi connectivity index (χ2v) is 4.42. The van der Waals surface area contributed by atoms with Crippen LogP contribution in [0.15, 0.2) is 29.3 Å². The number of carbonyl (C=O) groups is 1. The van der Waals surface area contributed by atoms with E-state index in [9.17, 15) is 35.9 Å². The number of pyridine rings is 2. The van der Waals surface area contributed by atoms with Crippen molar-refractivity contribution in [1.29, 1.82) is 0 Å². The van der Waals surface area contributed by atoms with Crippen LogP contribution < -0.4 is 10.7 Å². The number of alkyl halides is 6. The summed E-state index contributed by atoms with van der Waals surface area (Å²) in [6.07, 6.45) is -9.49. The molecule has 0 aromatic carbocycles. The molecule has 0 saturated heterocycles. The van der Waals surface area contributed by atoms with Crippen molar-refractivity contribution in [3.63, 3.8) is 0 Å². The van der Waals surface area contributed by atoms with Crippen LogP contribution in [0.3, 0.4) is 0 Å². The first-order valence-corrected chi connectivity index (χ1v) is 5.92. The second-order valence-electron chi connectivity index (χ2n) is 4.42. The van der Waals surface area contributed by atoms with Crippen LogP contribution >= 0.6 is 0 Å². The summed E-state index contributed by atoms with van der Waals surface area (Å²) in [4.78, 5) is 29.7. The molecule has 11 heteroatoms. The second kappa shape index (κ2) is 5.56. The van der Waals surface area contributed by atoms with E-state index in [-0.39, 0.29) is 11.0 Å². The van der Waals surface area contributed by atoms with E-state index in [0.717, 1.165) is 5.32 Å². The van der Waals surface area contributed by atoms with E-state index in [1.807, 2.05) is 0 Å². The van der Waals surface area contributed by atoms with Gasteiger partial charge in [-0.25, -0.2) is 4.98 Å². The van der Waals surface area contributed by atoms with Gasteiger partial charge in [0.2, 0.25) is 11.5 Å². The predicted octanol–water partition coefficient (Wildman–Crippen LogP) is 2.15. The van der Waals surface area contributed by atoms with Gasteiger partial charge >= 0.3 is 12.4 Å². The molecule has 0 aliphatic heterocycles. The maximum Gasteiger partial charge on any atom is 0.417 e. The number of hydrogen-bond donors (Lipinski definition) is 2. The number of nitrogens with one attached hydrogen (secondary N) is 2. The molecule has 23 heavy (non-hydrogen) atoms. The first kappa shape index (κ1) is 16.8.